The van der Waals surface area contributed by atoms with Crippen molar-refractivity contribution in [2.45, 2.75) is 64.2 Å². The number of amides is 3. The molecule has 3 amide bonds. The van der Waals surface area contributed by atoms with Gasteiger partial charge in [-0.1, -0.05) is 110 Å². The summed E-state index contributed by atoms with van der Waals surface area (Å²) in [5.74, 6) is -0.769. The van der Waals surface area contributed by atoms with Crippen LogP contribution in [0.25, 0.3) is 0 Å². The van der Waals surface area contributed by atoms with Crippen molar-refractivity contribution < 1.29 is 14.4 Å². The highest BCUT2D eigenvalue weighted by Crippen LogP contribution is 2.27. The van der Waals surface area contributed by atoms with Crippen LogP contribution in [0.15, 0.2) is 103 Å². The molecule has 1 aliphatic rings. The minimum atomic E-state index is -0.441. The number of hydrogen-bond acceptors (Lipinski definition) is 3. The van der Waals surface area contributed by atoms with E-state index in [-0.39, 0.29) is 30.7 Å². The van der Waals surface area contributed by atoms with E-state index in [1.807, 2.05) is 36.4 Å². The van der Waals surface area contributed by atoms with Crippen LogP contribution in [0.4, 0.5) is 0 Å². The molecule has 0 radical (unpaired) electrons. The van der Waals surface area contributed by atoms with Gasteiger partial charge in [0.15, 0.2) is 0 Å². The van der Waals surface area contributed by atoms with E-state index in [0.29, 0.717) is 13.0 Å². The molecule has 1 atom stereocenters. The molecule has 1 fully saturated rings. The van der Waals surface area contributed by atoms with Gasteiger partial charge in [0.1, 0.15) is 0 Å². The molecule has 38 heavy (non-hydrogen) atoms. The second kappa shape index (κ2) is 19.4. The lowest BCUT2D eigenvalue weighted by Gasteiger charge is -2.16. The fraction of sp³-hybridized carbons (Fsp3) is 0.364. The molecule has 0 saturated carbocycles. The van der Waals surface area contributed by atoms with Crippen LogP contribution >= 0.6 is 0 Å². The van der Waals surface area contributed by atoms with E-state index in [2.05, 4.69) is 73.0 Å². The number of hydrogen-bond donors (Lipinski definition) is 1. The zero-order valence-electron chi connectivity index (χ0n) is 22.6. The number of benzene rings is 1. The maximum Gasteiger partial charge on any atom is 0.246 e. The molecule has 5 nitrogen and oxygen atoms in total. The van der Waals surface area contributed by atoms with Gasteiger partial charge in [0, 0.05) is 25.3 Å². The van der Waals surface area contributed by atoms with E-state index in [9.17, 15) is 14.4 Å². The van der Waals surface area contributed by atoms with Gasteiger partial charge < -0.3 is 4.90 Å². The van der Waals surface area contributed by atoms with Crippen molar-refractivity contribution in [3.63, 3.8) is 0 Å². The summed E-state index contributed by atoms with van der Waals surface area (Å²) in [6.07, 6.45) is 31.4. The van der Waals surface area contributed by atoms with Gasteiger partial charge in [0.05, 0.1) is 6.54 Å². The number of nitrogens with one attached hydrogen (secondary N) is 1. The number of carbonyl (C=O) groups is 3. The highest BCUT2D eigenvalue weighted by atomic mass is 16.2. The molecule has 0 aromatic heterocycles. The fourth-order valence-corrected chi connectivity index (χ4v) is 4.01. The van der Waals surface area contributed by atoms with E-state index < -0.39 is 5.91 Å². The number of allylic oxidation sites excluding steroid dienone is 11. The first-order chi connectivity index (χ1) is 18.6. The van der Waals surface area contributed by atoms with Crippen molar-refractivity contribution in [1.82, 2.24) is 10.2 Å². The summed E-state index contributed by atoms with van der Waals surface area (Å²) >= 11 is 0. The predicted molar refractivity (Wildman–Crippen MR) is 156 cm³/mol. The van der Waals surface area contributed by atoms with Gasteiger partial charge >= 0.3 is 0 Å². The number of imide groups is 1. The normalized spacial score (nSPS) is 16.5. The van der Waals surface area contributed by atoms with Crippen molar-refractivity contribution in [1.29, 1.82) is 0 Å². The number of likely N-dealkylation sites (tertiary alicyclic amines) is 1. The topological polar surface area (TPSA) is 66.5 Å². The van der Waals surface area contributed by atoms with Gasteiger partial charge in [-0.2, -0.15) is 0 Å². The first-order valence-corrected chi connectivity index (χ1v) is 13.7. The third-order valence-electron chi connectivity index (χ3n) is 6.00. The number of rotatable bonds is 16. The van der Waals surface area contributed by atoms with Crippen LogP contribution in [0.1, 0.15) is 69.8 Å². The SMILES string of the molecule is CC/C=C\C/C=C\C/C=C\C/C=C\C/C=C\C/C=C\CC(=O)NC(=O)CN1CC(c2ccccc2)CC1=O. The van der Waals surface area contributed by atoms with Crippen molar-refractivity contribution in [3.05, 3.63) is 109 Å². The summed E-state index contributed by atoms with van der Waals surface area (Å²) in [6.45, 7) is 2.55. The fourth-order valence-electron chi connectivity index (χ4n) is 4.01. The lowest BCUT2D eigenvalue weighted by molar-refractivity contribution is -0.136. The third-order valence-corrected chi connectivity index (χ3v) is 6.00. The molecule has 1 N–H and O–H groups in total. The Kier molecular flexibility index (Phi) is 15.6. The quantitative estimate of drug-likeness (QED) is 0.249. The van der Waals surface area contributed by atoms with Crippen LogP contribution in [0, 0.1) is 0 Å². The molecular formula is C33H42N2O3. The molecule has 0 aliphatic carbocycles. The predicted octanol–water partition coefficient (Wildman–Crippen LogP) is 6.73. The summed E-state index contributed by atoms with van der Waals surface area (Å²) in [5, 5.41) is 2.38. The largest absolute Gasteiger partial charge is 0.333 e. The van der Waals surface area contributed by atoms with Crippen LogP contribution in [-0.4, -0.2) is 35.7 Å². The summed E-state index contributed by atoms with van der Waals surface area (Å²) in [5.41, 5.74) is 1.09. The number of nitrogens with zero attached hydrogens (tertiary/aromatic N) is 1. The molecular weight excluding hydrogens is 472 g/mol. The van der Waals surface area contributed by atoms with Crippen molar-refractivity contribution in [2.24, 2.45) is 0 Å². The number of carbonyl (C=O) groups excluding carboxylic acids is 3. The molecule has 0 spiro atoms. The Balaban J connectivity index is 1.51. The zero-order chi connectivity index (χ0) is 27.3. The second-order valence-electron chi connectivity index (χ2n) is 9.18. The van der Waals surface area contributed by atoms with Crippen LogP contribution in [-0.2, 0) is 14.4 Å². The Morgan fingerprint density at radius 3 is 1.79 bits per heavy atom. The van der Waals surface area contributed by atoms with E-state index >= 15 is 0 Å². The van der Waals surface area contributed by atoms with E-state index in [1.165, 1.54) is 4.90 Å². The van der Waals surface area contributed by atoms with Crippen molar-refractivity contribution in [3.8, 4) is 0 Å². The van der Waals surface area contributed by atoms with Crippen LogP contribution in [0.3, 0.4) is 0 Å². The average molecular weight is 515 g/mol. The highest BCUT2D eigenvalue weighted by molar-refractivity contribution is 5.98. The Hall–Kier alpha value is -3.73. The maximum absolute atomic E-state index is 12.3. The molecule has 1 saturated heterocycles. The average Bonchev–Trinajstić information content (AvgIpc) is 3.28. The van der Waals surface area contributed by atoms with Gasteiger partial charge in [-0.05, 0) is 44.1 Å². The molecule has 1 aliphatic heterocycles. The molecule has 1 heterocycles. The molecule has 1 aromatic carbocycles. The van der Waals surface area contributed by atoms with Crippen LogP contribution < -0.4 is 5.32 Å². The Bertz CT molecular complexity index is 1030. The lowest BCUT2D eigenvalue weighted by atomic mass is 9.99. The Morgan fingerprint density at radius 1 is 0.763 bits per heavy atom. The molecule has 2 rings (SSSR count). The van der Waals surface area contributed by atoms with Gasteiger partial charge in [0.2, 0.25) is 17.7 Å². The summed E-state index contributed by atoms with van der Waals surface area (Å²) in [4.78, 5) is 38.0. The smallest absolute Gasteiger partial charge is 0.246 e. The molecule has 1 unspecified atom stereocenters. The standard InChI is InChI=1S/C33H42N2O3/c1-2-3-4-5-6-7-8-9-10-11-12-13-14-15-16-17-18-22-25-31(36)34-32(37)28-35-27-30(26-33(35)38)29-23-20-19-21-24-29/h3-4,6-7,9-10,12-13,15-16,18-24,30H,2,5,8,11,14,17,25-28H2,1H3,(H,34,36,37)/b4-3-,7-6-,10-9-,13-12-,16-15-,22-18-. The van der Waals surface area contributed by atoms with E-state index in [1.54, 1.807) is 6.08 Å². The lowest BCUT2D eigenvalue weighted by Crippen LogP contribution is -2.40. The summed E-state index contributed by atoms with van der Waals surface area (Å²) in [7, 11) is 0. The van der Waals surface area contributed by atoms with Gasteiger partial charge in [-0.25, -0.2) is 0 Å². The Morgan fingerprint density at radius 2 is 1.26 bits per heavy atom. The summed E-state index contributed by atoms with van der Waals surface area (Å²) < 4.78 is 0. The summed E-state index contributed by atoms with van der Waals surface area (Å²) in [6, 6.07) is 9.83. The molecule has 202 valence electrons. The molecule has 0 bridgehead atoms. The van der Waals surface area contributed by atoms with Gasteiger partial charge in [-0.3, -0.25) is 19.7 Å². The van der Waals surface area contributed by atoms with Gasteiger partial charge in [0.25, 0.3) is 0 Å². The monoisotopic (exact) mass is 514 g/mol. The minimum absolute atomic E-state index is 0.0570. The first kappa shape index (κ1) is 30.5. The molecule has 5 heteroatoms. The van der Waals surface area contributed by atoms with E-state index in [0.717, 1.165) is 44.1 Å². The maximum atomic E-state index is 12.3. The second-order valence-corrected chi connectivity index (χ2v) is 9.18. The molecule has 1 aromatic rings. The zero-order valence-corrected chi connectivity index (χ0v) is 22.6. The van der Waals surface area contributed by atoms with Crippen LogP contribution in [0.2, 0.25) is 0 Å². The Labute approximate surface area is 228 Å². The first-order valence-electron chi connectivity index (χ1n) is 13.7. The third kappa shape index (κ3) is 13.5. The minimum Gasteiger partial charge on any atom is -0.333 e. The van der Waals surface area contributed by atoms with Crippen molar-refractivity contribution in [2.75, 3.05) is 13.1 Å². The van der Waals surface area contributed by atoms with Gasteiger partial charge in [-0.15, -0.1) is 0 Å². The van der Waals surface area contributed by atoms with Crippen LogP contribution in [0.5, 0.6) is 0 Å². The van der Waals surface area contributed by atoms with Crippen molar-refractivity contribution >= 4 is 17.7 Å². The van der Waals surface area contributed by atoms with E-state index in [4.69, 9.17) is 0 Å². The highest BCUT2D eigenvalue weighted by Gasteiger charge is 2.31.